The maximum absolute atomic E-state index is 11.2. The van der Waals surface area contributed by atoms with Crippen molar-refractivity contribution in [3.63, 3.8) is 0 Å². The highest BCUT2D eigenvalue weighted by Gasteiger charge is 2.35. The summed E-state index contributed by atoms with van der Waals surface area (Å²) >= 11 is 0. The van der Waals surface area contributed by atoms with Crippen molar-refractivity contribution < 1.29 is 19.8 Å². The Morgan fingerprint density at radius 3 is 2.55 bits per heavy atom. The van der Waals surface area contributed by atoms with Gasteiger partial charge in [-0.15, -0.1) is 0 Å². The van der Waals surface area contributed by atoms with Gasteiger partial charge in [0.1, 0.15) is 6.04 Å². The smallest absolute Gasteiger partial charge is 0.408 e. The number of likely N-dealkylation sites (tertiary alicyclic amines) is 1. The summed E-state index contributed by atoms with van der Waals surface area (Å²) in [6.45, 7) is 0.906. The largest absolute Gasteiger partial charge is 0.480 e. The molecule has 1 aliphatic heterocycles. The van der Waals surface area contributed by atoms with Gasteiger partial charge in [-0.05, 0) is 18.4 Å². The summed E-state index contributed by atoms with van der Waals surface area (Å²) in [6, 6.07) is 8.88. The molecule has 1 amide bonds. The van der Waals surface area contributed by atoms with Crippen molar-refractivity contribution in [2.24, 2.45) is 0 Å². The van der Waals surface area contributed by atoms with Crippen LogP contribution in [0.3, 0.4) is 0 Å². The average molecular weight is 278 g/mol. The molecule has 2 atom stereocenters. The third-order valence-electron chi connectivity index (χ3n) is 3.57. The molecule has 1 unspecified atom stereocenters. The first-order valence-corrected chi connectivity index (χ1v) is 6.57. The highest BCUT2D eigenvalue weighted by atomic mass is 16.4. The number of benzene rings is 1. The lowest BCUT2D eigenvalue weighted by molar-refractivity contribution is -0.144. The number of carboxylic acids is 1. The van der Waals surface area contributed by atoms with Gasteiger partial charge in [-0.3, -0.25) is 4.90 Å². The highest BCUT2D eigenvalue weighted by Crippen LogP contribution is 2.18. The number of carbonyl (C=O) groups is 2. The van der Waals surface area contributed by atoms with Crippen LogP contribution in [0.5, 0.6) is 0 Å². The van der Waals surface area contributed by atoms with Gasteiger partial charge >= 0.3 is 12.1 Å². The maximum atomic E-state index is 11.2. The van der Waals surface area contributed by atoms with Gasteiger partial charge in [0, 0.05) is 19.1 Å². The van der Waals surface area contributed by atoms with Crippen molar-refractivity contribution in [3.05, 3.63) is 35.9 Å². The number of piperidine rings is 1. The van der Waals surface area contributed by atoms with E-state index < -0.39 is 18.1 Å². The molecular formula is C14H18N2O4. The van der Waals surface area contributed by atoms with Gasteiger partial charge < -0.3 is 15.5 Å². The van der Waals surface area contributed by atoms with Crippen molar-refractivity contribution in [2.45, 2.75) is 31.5 Å². The quantitative estimate of drug-likeness (QED) is 0.774. The number of rotatable bonds is 4. The molecule has 2 rings (SSSR count). The van der Waals surface area contributed by atoms with Crippen molar-refractivity contribution in [2.75, 3.05) is 6.54 Å². The SMILES string of the molecule is O=C(O)[C@H]1CC(NCc2ccccc2)CCN1C(=O)O. The molecule has 0 radical (unpaired) electrons. The van der Waals surface area contributed by atoms with E-state index in [9.17, 15) is 9.59 Å². The van der Waals surface area contributed by atoms with E-state index in [0.29, 0.717) is 19.4 Å². The number of nitrogens with one attached hydrogen (secondary N) is 1. The summed E-state index contributed by atoms with van der Waals surface area (Å²) in [5.74, 6) is -1.08. The van der Waals surface area contributed by atoms with Gasteiger partial charge in [0.25, 0.3) is 0 Å². The van der Waals surface area contributed by atoms with Crippen LogP contribution in [0.25, 0.3) is 0 Å². The van der Waals surface area contributed by atoms with Crippen LogP contribution in [0.2, 0.25) is 0 Å². The first-order valence-electron chi connectivity index (χ1n) is 6.57. The summed E-state index contributed by atoms with van der Waals surface area (Å²) < 4.78 is 0. The van der Waals surface area contributed by atoms with Crippen molar-refractivity contribution >= 4 is 12.1 Å². The van der Waals surface area contributed by atoms with Crippen LogP contribution >= 0.6 is 0 Å². The average Bonchev–Trinajstić information content (AvgIpc) is 2.45. The van der Waals surface area contributed by atoms with E-state index in [1.807, 2.05) is 30.3 Å². The minimum absolute atomic E-state index is 0.0203. The topological polar surface area (TPSA) is 89.9 Å². The lowest BCUT2D eigenvalue weighted by Gasteiger charge is -2.35. The lowest BCUT2D eigenvalue weighted by Crippen LogP contribution is -2.53. The molecule has 0 aliphatic carbocycles. The van der Waals surface area contributed by atoms with Crippen molar-refractivity contribution in [1.82, 2.24) is 10.2 Å². The summed E-state index contributed by atoms with van der Waals surface area (Å²) in [5, 5.41) is 21.4. The fourth-order valence-electron chi connectivity index (χ4n) is 2.47. The van der Waals surface area contributed by atoms with E-state index in [1.54, 1.807) is 0 Å². The van der Waals surface area contributed by atoms with Gasteiger partial charge in [0.2, 0.25) is 0 Å². The molecule has 1 aliphatic rings. The Bertz CT molecular complexity index is 477. The van der Waals surface area contributed by atoms with Crippen LogP contribution in [0.4, 0.5) is 4.79 Å². The zero-order valence-corrected chi connectivity index (χ0v) is 11.0. The highest BCUT2D eigenvalue weighted by molar-refractivity contribution is 5.79. The van der Waals surface area contributed by atoms with Crippen LogP contribution < -0.4 is 5.32 Å². The Morgan fingerprint density at radius 1 is 1.25 bits per heavy atom. The molecule has 108 valence electrons. The maximum Gasteiger partial charge on any atom is 0.408 e. The molecule has 0 saturated carbocycles. The van der Waals surface area contributed by atoms with E-state index in [0.717, 1.165) is 10.5 Å². The molecular weight excluding hydrogens is 260 g/mol. The zero-order valence-electron chi connectivity index (χ0n) is 11.0. The van der Waals surface area contributed by atoms with Crippen LogP contribution in [0.1, 0.15) is 18.4 Å². The molecule has 1 saturated heterocycles. The molecule has 1 fully saturated rings. The second kappa shape index (κ2) is 6.38. The fourth-order valence-corrected chi connectivity index (χ4v) is 2.47. The number of amides is 1. The predicted octanol–water partition coefficient (Wildman–Crippen LogP) is 1.37. The van der Waals surface area contributed by atoms with Gasteiger partial charge in [-0.1, -0.05) is 30.3 Å². The van der Waals surface area contributed by atoms with E-state index in [4.69, 9.17) is 10.2 Å². The molecule has 0 aromatic heterocycles. The predicted molar refractivity (Wildman–Crippen MR) is 72.5 cm³/mol. The van der Waals surface area contributed by atoms with Gasteiger partial charge in [-0.2, -0.15) is 0 Å². The molecule has 0 bridgehead atoms. The second-order valence-electron chi connectivity index (χ2n) is 4.92. The normalized spacial score (nSPS) is 22.5. The van der Waals surface area contributed by atoms with Crippen LogP contribution in [-0.4, -0.2) is 45.8 Å². The van der Waals surface area contributed by atoms with Crippen LogP contribution in [0.15, 0.2) is 30.3 Å². The van der Waals surface area contributed by atoms with E-state index in [2.05, 4.69) is 5.32 Å². The number of hydrogen-bond donors (Lipinski definition) is 3. The van der Waals surface area contributed by atoms with Crippen molar-refractivity contribution in [3.8, 4) is 0 Å². The minimum Gasteiger partial charge on any atom is -0.480 e. The first-order chi connectivity index (χ1) is 9.58. The zero-order chi connectivity index (χ0) is 14.5. The Hall–Kier alpha value is -2.08. The number of nitrogens with zero attached hydrogens (tertiary/aromatic N) is 1. The number of aliphatic carboxylic acids is 1. The summed E-state index contributed by atoms with van der Waals surface area (Å²) in [7, 11) is 0. The van der Waals surface area contributed by atoms with Crippen LogP contribution in [-0.2, 0) is 11.3 Å². The summed E-state index contributed by atoms with van der Waals surface area (Å²) in [4.78, 5) is 23.2. The Labute approximate surface area is 117 Å². The number of carboxylic acid groups (broad SMARTS) is 2. The van der Waals surface area contributed by atoms with Gasteiger partial charge in [-0.25, -0.2) is 9.59 Å². The Morgan fingerprint density at radius 2 is 1.95 bits per heavy atom. The van der Waals surface area contributed by atoms with Crippen LogP contribution in [0, 0.1) is 0 Å². The van der Waals surface area contributed by atoms with E-state index >= 15 is 0 Å². The Balaban J connectivity index is 1.92. The molecule has 0 spiro atoms. The van der Waals surface area contributed by atoms with Crippen molar-refractivity contribution in [1.29, 1.82) is 0 Å². The molecule has 1 aromatic rings. The fraction of sp³-hybridized carbons (Fsp3) is 0.429. The first kappa shape index (κ1) is 14.3. The molecule has 1 heterocycles. The third kappa shape index (κ3) is 3.48. The second-order valence-corrected chi connectivity index (χ2v) is 4.92. The number of hydrogen-bond acceptors (Lipinski definition) is 3. The summed E-state index contributed by atoms with van der Waals surface area (Å²) in [6.07, 6.45) is -0.240. The van der Waals surface area contributed by atoms with Gasteiger partial charge in [0.15, 0.2) is 0 Å². The molecule has 20 heavy (non-hydrogen) atoms. The molecule has 1 aromatic carbocycles. The summed E-state index contributed by atoms with van der Waals surface area (Å²) in [5.41, 5.74) is 1.13. The molecule has 3 N–H and O–H groups in total. The molecule has 6 nitrogen and oxygen atoms in total. The standard InChI is InChI=1S/C14H18N2O4/c17-13(18)12-8-11(6-7-16(12)14(19)20)15-9-10-4-2-1-3-5-10/h1-5,11-12,15H,6-9H2,(H,17,18)(H,19,20)/t11?,12-/m1/s1. The van der Waals surface area contributed by atoms with Gasteiger partial charge in [0.05, 0.1) is 0 Å². The molecule has 6 heteroatoms. The minimum atomic E-state index is -1.17. The lowest BCUT2D eigenvalue weighted by atomic mass is 9.97. The third-order valence-corrected chi connectivity index (χ3v) is 3.57. The van der Waals surface area contributed by atoms with E-state index in [-0.39, 0.29) is 12.6 Å². The monoisotopic (exact) mass is 278 g/mol. The Kier molecular flexibility index (Phi) is 4.57. The van der Waals surface area contributed by atoms with E-state index in [1.165, 1.54) is 0 Å².